The summed E-state index contributed by atoms with van der Waals surface area (Å²) in [6.07, 6.45) is 2.36. The minimum Gasteiger partial charge on any atom is -0.344 e. The normalized spacial score (nSPS) is 12.5. The Labute approximate surface area is 89.5 Å². The molecule has 0 saturated carbocycles. The highest BCUT2D eigenvalue weighted by Gasteiger charge is 2.08. The first-order valence-electron chi connectivity index (χ1n) is 4.96. The lowest BCUT2D eigenvalue weighted by Gasteiger charge is -2.20. The fraction of sp³-hybridized carbons (Fsp3) is 0.600. The third kappa shape index (κ3) is 3.79. The molecule has 0 aliphatic rings. The molecule has 5 heteroatoms. The lowest BCUT2D eigenvalue weighted by molar-refractivity contribution is 0.537. The summed E-state index contributed by atoms with van der Waals surface area (Å²) in [5.41, 5.74) is 0. The molecule has 1 unspecified atom stereocenters. The van der Waals surface area contributed by atoms with Gasteiger partial charge in [-0.05, 0) is 19.5 Å². The van der Waals surface area contributed by atoms with Gasteiger partial charge >= 0.3 is 0 Å². The van der Waals surface area contributed by atoms with E-state index in [1.165, 1.54) is 12.4 Å². The quantitative estimate of drug-likeness (QED) is 0.787. The second-order valence-corrected chi connectivity index (χ2v) is 3.74. The molecule has 1 N–H and O–H groups in total. The van der Waals surface area contributed by atoms with Crippen LogP contribution in [0.3, 0.4) is 0 Å². The van der Waals surface area contributed by atoms with Crippen LogP contribution in [-0.4, -0.2) is 37.2 Å². The van der Waals surface area contributed by atoms with Crippen molar-refractivity contribution in [1.29, 1.82) is 0 Å². The Morgan fingerprint density at radius 2 is 2.07 bits per heavy atom. The Hall–Kier alpha value is -1.23. The highest BCUT2D eigenvalue weighted by Crippen LogP contribution is 2.06. The van der Waals surface area contributed by atoms with Crippen molar-refractivity contribution < 1.29 is 4.39 Å². The second kappa shape index (κ2) is 5.60. The van der Waals surface area contributed by atoms with Crippen molar-refractivity contribution in [2.24, 2.45) is 5.92 Å². The van der Waals surface area contributed by atoms with E-state index in [9.17, 15) is 4.39 Å². The molecule has 15 heavy (non-hydrogen) atoms. The van der Waals surface area contributed by atoms with Crippen molar-refractivity contribution in [3.8, 4) is 0 Å². The van der Waals surface area contributed by atoms with Gasteiger partial charge in [-0.3, -0.25) is 0 Å². The maximum atomic E-state index is 12.6. The van der Waals surface area contributed by atoms with Crippen LogP contribution in [0, 0.1) is 11.7 Å². The number of hydrogen-bond donors (Lipinski definition) is 1. The van der Waals surface area contributed by atoms with Gasteiger partial charge in [0.15, 0.2) is 5.82 Å². The predicted octanol–water partition coefficient (Wildman–Crippen LogP) is 0.907. The lowest BCUT2D eigenvalue weighted by Crippen LogP contribution is -2.30. The molecule has 0 radical (unpaired) electrons. The van der Waals surface area contributed by atoms with E-state index in [1.807, 2.05) is 19.0 Å². The van der Waals surface area contributed by atoms with Crippen LogP contribution in [-0.2, 0) is 0 Å². The van der Waals surface area contributed by atoms with Gasteiger partial charge in [-0.15, -0.1) is 0 Å². The standard InChI is InChI=1S/C10H17FN4/c1-8(4-12-2)7-15(3)10-13-5-9(11)6-14-10/h5-6,8,12H,4,7H2,1-3H3. The Balaban J connectivity index is 2.53. The smallest absolute Gasteiger partial charge is 0.225 e. The molecule has 1 atom stereocenters. The largest absolute Gasteiger partial charge is 0.344 e. The summed E-state index contributed by atoms with van der Waals surface area (Å²) in [4.78, 5) is 9.74. The van der Waals surface area contributed by atoms with Crippen molar-refractivity contribution >= 4 is 5.95 Å². The topological polar surface area (TPSA) is 41.0 Å². The van der Waals surface area contributed by atoms with E-state index < -0.39 is 5.82 Å². The lowest BCUT2D eigenvalue weighted by atomic mass is 10.2. The maximum Gasteiger partial charge on any atom is 0.225 e. The van der Waals surface area contributed by atoms with Crippen LogP contribution in [0.4, 0.5) is 10.3 Å². The van der Waals surface area contributed by atoms with Gasteiger partial charge in [0.25, 0.3) is 0 Å². The van der Waals surface area contributed by atoms with Gasteiger partial charge in [-0.25, -0.2) is 14.4 Å². The van der Waals surface area contributed by atoms with Gasteiger partial charge in [-0.1, -0.05) is 6.92 Å². The van der Waals surface area contributed by atoms with Gasteiger partial charge in [0.05, 0.1) is 12.4 Å². The predicted molar refractivity (Wildman–Crippen MR) is 58.4 cm³/mol. The third-order valence-electron chi connectivity index (χ3n) is 2.09. The zero-order valence-electron chi connectivity index (χ0n) is 9.37. The molecule has 0 aliphatic carbocycles. The van der Waals surface area contributed by atoms with Gasteiger partial charge in [0.1, 0.15) is 0 Å². The van der Waals surface area contributed by atoms with E-state index in [2.05, 4.69) is 22.2 Å². The number of hydrogen-bond acceptors (Lipinski definition) is 4. The van der Waals surface area contributed by atoms with Crippen molar-refractivity contribution in [3.05, 3.63) is 18.2 Å². The van der Waals surface area contributed by atoms with Gasteiger partial charge < -0.3 is 10.2 Å². The molecule has 1 rings (SSSR count). The average molecular weight is 212 g/mol. The highest BCUT2D eigenvalue weighted by atomic mass is 19.1. The summed E-state index contributed by atoms with van der Waals surface area (Å²) >= 11 is 0. The molecule has 0 aromatic carbocycles. The molecular formula is C10H17FN4. The van der Waals surface area contributed by atoms with Crippen LogP contribution in [0.2, 0.25) is 0 Å². The van der Waals surface area contributed by atoms with Crippen molar-refractivity contribution in [3.63, 3.8) is 0 Å². The number of halogens is 1. The monoisotopic (exact) mass is 212 g/mol. The van der Waals surface area contributed by atoms with E-state index in [0.717, 1.165) is 13.1 Å². The summed E-state index contributed by atoms with van der Waals surface area (Å²) in [5.74, 6) is 0.642. The summed E-state index contributed by atoms with van der Waals surface area (Å²) < 4.78 is 12.6. The van der Waals surface area contributed by atoms with Crippen molar-refractivity contribution in [2.75, 3.05) is 32.1 Å². The van der Waals surface area contributed by atoms with Crippen LogP contribution in [0.25, 0.3) is 0 Å². The minimum absolute atomic E-state index is 0.407. The Bertz CT molecular complexity index is 288. The molecule has 0 bridgehead atoms. The Morgan fingerprint density at radius 1 is 1.47 bits per heavy atom. The molecule has 0 fully saturated rings. The molecule has 1 aromatic rings. The van der Waals surface area contributed by atoms with E-state index >= 15 is 0 Å². The van der Waals surface area contributed by atoms with E-state index in [-0.39, 0.29) is 0 Å². The van der Waals surface area contributed by atoms with Gasteiger partial charge in [0.2, 0.25) is 5.95 Å². The number of aromatic nitrogens is 2. The molecular weight excluding hydrogens is 195 g/mol. The molecule has 1 aromatic heterocycles. The zero-order valence-corrected chi connectivity index (χ0v) is 9.37. The van der Waals surface area contributed by atoms with E-state index in [0.29, 0.717) is 11.9 Å². The summed E-state index contributed by atoms with van der Waals surface area (Å²) in [7, 11) is 3.82. The molecule has 0 amide bonds. The molecule has 0 aliphatic heterocycles. The van der Waals surface area contributed by atoms with Crippen LogP contribution >= 0.6 is 0 Å². The first-order chi connectivity index (χ1) is 7.13. The molecule has 0 spiro atoms. The number of rotatable bonds is 5. The van der Waals surface area contributed by atoms with Crippen molar-refractivity contribution in [1.82, 2.24) is 15.3 Å². The fourth-order valence-electron chi connectivity index (χ4n) is 1.46. The van der Waals surface area contributed by atoms with Crippen molar-refractivity contribution in [2.45, 2.75) is 6.92 Å². The average Bonchev–Trinajstić information content (AvgIpc) is 2.18. The first kappa shape index (κ1) is 11.8. The highest BCUT2D eigenvalue weighted by molar-refractivity contribution is 5.26. The molecule has 84 valence electrons. The molecule has 0 saturated heterocycles. The summed E-state index contributed by atoms with van der Waals surface area (Å²) in [5, 5.41) is 3.11. The number of nitrogens with one attached hydrogen (secondary N) is 1. The van der Waals surface area contributed by atoms with E-state index in [4.69, 9.17) is 0 Å². The van der Waals surface area contributed by atoms with Crippen LogP contribution in [0.1, 0.15) is 6.92 Å². The van der Waals surface area contributed by atoms with Gasteiger partial charge in [-0.2, -0.15) is 0 Å². The Morgan fingerprint density at radius 3 is 2.60 bits per heavy atom. The van der Waals surface area contributed by atoms with Crippen LogP contribution < -0.4 is 10.2 Å². The number of anilines is 1. The van der Waals surface area contributed by atoms with E-state index in [1.54, 1.807) is 0 Å². The summed E-state index contributed by atoms with van der Waals surface area (Å²) in [6.45, 7) is 3.91. The minimum atomic E-state index is -0.407. The van der Waals surface area contributed by atoms with Crippen LogP contribution in [0.5, 0.6) is 0 Å². The molecule has 1 heterocycles. The Kier molecular flexibility index (Phi) is 4.42. The fourth-order valence-corrected chi connectivity index (χ4v) is 1.46. The first-order valence-corrected chi connectivity index (χ1v) is 4.96. The maximum absolute atomic E-state index is 12.6. The summed E-state index contributed by atoms with van der Waals surface area (Å²) in [6, 6.07) is 0. The number of nitrogens with zero attached hydrogens (tertiary/aromatic N) is 3. The second-order valence-electron chi connectivity index (χ2n) is 3.74. The zero-order chi connectivity index (χ0) is 11.3. The van der Waals surface area contributed by atoms with Crippen LogP contribution in [0.15, 0.2) is 12.4 Å². The SMILES string of the molecule is CNCC(C)CN(C)c1ncc(F)cn1. The third-order valence-corrected chi connectivity index (χ3v) is 2.09. The molecule has 4 nitrogen and oxygen atoms in total. The van der Waals surface area contributed by atoms with Gasteiger partial charge in [0, 0.05) is 13.6 Å².